The second kappa shape index (κ2) is 4.40. The van der Waals surface area contributed by atoms with Crippen LogP contribution in [0.4, 0.5) is 0 Å². The van der Waals surface area contributed by atoms with E-state index >= 15 is 0 Å². The Hall–Kier alpha value is -2.34. The fraction of sp³-hybridized carbons (Fsp3) is 0.231. The summed E-state index contributed by atoms with van der Waals surface area (Å²) in [6.07, 6.45) is -0.626. The second-order valence-electron chi connectivity index (χ2n) is 4.21. The molecular weight excluding hydrogens is 252 g/mol. The third-order valence-corrected chi connectivity index (χ3v) is 3.17. The van der Waals surface area contributed by atoms with Crippen molar-refractivity contribution in [2.75, 3.05) is 6.61 Å². The summed E-state index contributed by atoms with van der Waals surface area (Å²) >= 11 is 0. The van der Waals surface area contributed by atoms with Crippen LogP contribution in [-0.4, -0.2) is 40.3 Å². The van der Waals surface area contributed by atoms with Gasteiger partial charge in [0.25, 0.3) is 0 Å². The smallest absolute Gasteiger partial charge is 0.343 e. The highest BCUT2D eigenvalue weighted by Crippen LogP contribution is 2.43. The van der Waals surface area contributed by atoms with Gasteiger partial charge in [-0.15, -0.1) is 0 Å². The highest BCUT2D eigenvalue weighted by molar-refractivity contribution is 6.07. The molecule has 0 radical (unpaired) electrons. The van der Waals surface area contributed by atoms with Crippen LogP contribution < -0.4 is 0 Å². The average Bonchev–Trinajstić information content (AvgIpc) is 2.39. The SMILES string of the molecule is C=C1c2c(C=O)c(O)c(C)c(O)c2C(=O)OC1CO. The minimum absolute atomic E-state index is 0.00745. The van der Waals surface area contributed by atoms with Gasteiger partial charge < -0.3 is 20.1 Å². The van der Waals surface area contributed by atoms with Gasteiger partial charge in [-0.1, -0.05) is 6.58 Å². The third kappa shape index (κ3) is 1.68. The Morgan fingerprint density at radius 2 is 1.95 bits per heavy atom. The number of rotatable bonds is 2. The molecule has 0 fully saturated rings. The van der Waals surface area contributed by atoms with Gasteiger partial charge in [0.15, 0.2) is 12.4 Å². The van der Waals surface area contributed by atoms with E-state index in [-0.39, 0.29) is 27.8 Å². The number of ether oxygens (including phenoxy) is 1. The number of carbonyl (C=O) groups is 2. The van der Waals surface area contributed by atoms with Crippen molar-refractivity contribution in [1.82, 2.24) is 0 Å². The van der Waals surface area contributed by atoms with Crippen LogP contribution in [0.2, 0.25) is 0 Å². The molecule has 3 N–H and O–H groups in total. The summed E-state index contributed by atoms with van der Waals surface area (Å²) in [6, 6.07) is 0. The summed E-state index contributed by atoms with van der Waals surface area (Å²) in [5, 5.41) is 28.9. The summed E-state index contributed by atoms with van der Waals surface area (Å²) in [4.78, 5) is 22.9. The third-order valence-electron chi connectivity index (χ3n) is 3.17. The molecule has 0 spiro atoms. The maximum atomic E-state index is 11.8. The molecule has 1 unspecified atom stereocenters. The summed E-state index contributed by atoms with van der Waals surface area (Å²) < 4.78 is 4.90. The Labute approximate surface area is 108 Å². The zero-order valence-electron chi connectivity index (χ0n) is 10.1. The molecule has 19 heavy (non-hydrogen) atoms. The van der Waals surface area contributed by atoms with Gasteiger partial charge in [0.1, 0.15) is 17.1 Å². The minimum atomic E-state index is -1.000. The molecule has 0 bridgehead atoms. The zero-order chi connectivity index (χ0) is 14.3. The quantitative estimate of drug-likeness (QED) is 0.538. The van der Waals surface area contributed by atoms with E-state index in [1.165, 1.54) is 6.92 Å². The highest BCUT2D eigenvalue weighted by atomic mass is 16.6. The van der Waals surface area contributed by atoms with Crippen LogP contribution in [0, 0.1) is 6.92 Å². The number of aromatic hydroxyl groups is 2. The Morgan fingerprint density at radius 3 is 2.47 bits per heavy atom. The largest absolute Gasteiger partial charge is 0.507 e. The van der Waals surface area contributed by atoms with Crippen molar-refractivity contribution < 1.29 is 29.6 Å². The first-order valence-electron chi connectivity index (χ1n) is 5.48. The first-order valence-corrected chi connectivity index (χ1v) is 5.48. The standard InChI is InChI=1S/C13H12O6/c1-5-8(4-15)19-13(18)10-9(5)7(3-14)11(16)6(2)12(10)17/h3,8,15-17H,1,4H2,2H3. The molecule has 1 aromatic rings. The van der Waals surface area contributed by atoms with Crippen LogP contribution >= 0.6 is 0 Å². The Bertz CT molecular complexity index is 602. The Kier molecular flexibility index (Phi) is 3.03. The van der Waals surface area contributed by atoms with E-state index in [1.807, 2.05) is 0 Å². The number of benzene rings is 1. The molecule has 6 heteroatoms. The predicted molar refractivity (Wildman–Crippen MR) is 65.2 cm³/mol. The Morgan fingerprint density at radius 1 is 1.32 bits per heavy atom. The Balaban J connectivity index is 2.87. The van der Waals surface area contributed by atoms with E-state index in [0.29, 0.717) is 6.29 Å². The number of aliphatic hydroxyl groups excluding tert-OH is 1. The van der Waals surface area contributed by atoms with Gasteiger partial charge in [-0.05, 0) is 12.5 Å². The van der Waals surface area contributed by atoms with Crippen LogP contribution in [0.1, 0.15) is 31.8 Å². The monoisotopic (exact) mass is 264 g/mol. The number of phenols is 2. The molecule has 0 saturated heterocycles. The average molecular weight is 264 g/mol. The first-order chi connectivity index (χ1) is 8.93. The number of fused-ring (bicyclic) bond motifs is 1. The van der Waals surface area contributed by atoms with Crippen LogP contribution in [0.25, 0.3) is 5.57 Å². The molecule has 1 aliphatic rings. The van der Waals surface area contributed by atoms with E-state index in [1.54, 1.807) is 0 Å². The molecule has 1 heterocycles. The van der Waals surface area contributed by atoms with Crippen LogP contribution in [-0.2, 0) is 4.74 Å². The van der Waals surface area contributed by atoms with Gasteiger partial charge in [0.05, 0.1) is 12.2 Å². The van der Waals surface area contributed by atoms with Crippen molar-refractivity contribution in [3.05, 3.63) is 28.8 Å². The second-order valence-corrected chi connectivity index (χ2v) is 4.21. The number of hydrogen-bond acceptors (Lipinski definition) is 6. The fourth-order valence-electron chi connectivity index (χ4n) is 2.09. The zero-order valence-corrected chi connectivity index (χ0v) is 10.1. The van der Waals surface area contributed by atoms with Gasteiger partial charge in [0, 0.05) is 11.1 Å². The van der Waals surface area contributed by atoms with Crippen LogP contribution in [0.5, 0.6) is 11.5 Å². The molecule has 1 aliphatic heterocycles. The number of esters is 1. The molecule has 6 nitrogen and oxygen atoms in total. The number of hydrogen-bond donors (Lipinski definition) is 3. The lowest BCUT2D eigenvalue weighted by molar-refractivity contribution is 0.0268. The van der Waals surface area contributed by atoms with Gasteiger partial charge in [-0.3, -0.25) is 4.79 Å². The van der Waals surface area contributed by atoms with Gasteiger partial charge in [-0.25, -0.2) is 4.79 Å². The summed E-state index contributed by atoms with van der Waals surface area (Å²) in [5.74, 6) is -1.75. The molecule has 0 aromatic heterocycles. The van der Waals surface area contributed by atoms with Crippen molar-refractivity contribution >= 4 is 17.8 Å². The van der Waals surface area contributed by atoms with Crippen molar-refractivity contribution in [1.29, 1.82) is 0 Å². The van der Waals surface area contributed by atoms with Crippen molar-refractivity contribution in [3.63, 3.8) is 0 Å². The van der Waals surface area contributed by atoms with E-state index in [2.05, 4.69) is 6.58 Å². The number of aliphatic hydroxyl groups is 1. The molecule has 0 amide bonds. The predicted octanol–water partition coefficient (Wildman–Crippen LogP) is 0.763. The number of phenolic OH excluding ortho intramolecular Hbond substituents is 2. The minimum Gasteiger partial charge on any atom is -0.507 e. The number of carbonyl (C=O) groups excluding carboxylic acids is 2. The molecule has 0 saturated carbocycles. The first kappa shape index (κ1) is 13.1. The van der Waals surface area contributed by atoms with Crippen LogP contribution in [0.15, 0.2) is 6.58 Å². The molecular formula is C13H12O6. The van der Waals surface area contributed by atoms with Gasteiger partial charge in [-0.2, -0.15) is 0 Å². The molecule has 1 aromatic carbocycles. The van der Waals surface area contributed by atoms with Gasteiger partial charge >= 0.3 is 5.97 Å². The number of cyclic esters (lactones) is 1. The lowest BCUT2D eigenvalue weighted by atomic mass is 9.87. The maximum absolute atomic E-state index is 11.8. The maximum Gasteiger partial charge on any atom is 0.343 e. The van der Waals surface area contributed by atoms with Crippen molar-refractivity contribution in [3.8, 4) is 11.5 Å². The molecule has 0 aliphatic carbocycles. The summed E-state index contributed by atoms with van der Waals surface area (Å²) in [5.41, 5.74) is -0.179. The molecule has 2 rings (SSSR count). The molecule has 100 valence electrons. The van der Waals surface area contributed by atoms with E-state index in [4.69, 9.17) is 9.84 Å². The number of aldehydes is 1. The summed E-state index contributed by atoms with van der Waals surface area (Å²) in [7, 11) is 0. The van der Waals surface area contributed by atoms with Crippen molar-refractivity contribution in [2.24, 2.45) is 0 Å². The van der Waals surface area contributed by atoms with Crippen molar-refractivity contribution in [2.45, 2.75) is 13.0 Å². The van der Waals surface area contributed by atoms with E-state index < -0.39 is 30.2 Å². The van der Waals surface area contributed by atoms with E-state index in [9.17, 15) is 19.8 Å². The lowest BCUT2D eigenvalue weighted by Gasteiger charge is -2.28. The van der Waals surface area contributed by atoms with Gasteiger partial charge in [0.2, 0.25) is 0 Å². The molecule has 1 atom stereocenters. The summed E-state index contributed by atoms with van der Waals surface area (Å²) in [6.45, 7) is 4.51. The lowest BCUT2D eigenvalue weighted by Crippen LogP contribution is -2.30. The van der Waals surface area contributed by atoms with Crippen LogP contribution in [0.3, 0.4) is 0 Å². The van der Waals surface area contributed by atoms with E-state index in [0.717, 1.165) is 0 Å². The normalized spacial score (nSPS) is 17.9. The topological polar surface area (TPSA) is 104 Å². The fourth-order valence-corrected chi connectivity index (χ4v) is 2.09. The highest BCUT2D eigenvalue weighted by Gasteiger charge is 2.36.